The summed E-state index contributed by atoms with van der Waals surface area (Å²) in [5, 5.41) is 2.17. The molecule has 1 heterocycles. The van der Waals surface area contributed by atoms with Gasteiger partial charge in [0.2, 0.25) is 0 Å². The molecule has 152 valence electrons. The van der Waals surface area contributed by atoms with Crippen molar-refractivity contribution in [2.45, 2.75) is 0 Å². The van der Waals surface area contributed by atoms with Crippen LogP contribution in [0.3, 0.4) is 0 Å². The monoisotopic (exact) mass is 444 g/mol. The van der Waals surface area contributed by atoms with Crippen molar-refractivity contribution < 1.29 is 23.5 Å². The third kappa shape index (κ3) is 5.00. The number of ether oxygens (including phenoxy) is 1. The molecule has 0 saturated carbocycles. The highest BCUT2D eigenvalue weighted by Gasteiger charge is 2.34. The zero-order valence-corrected chi connectivity index (χ0v) is 16.9. The number of terminal acetylenes is 1. The summed E-state index contributed by atoms with van der Waals surface area (Å²) in [4.78, 5) is 37.2. The fraction of sp³-hybridized carbons (Fsp3) is 0.0952. The van der Waals surface area contributed by atoms with Crippen molar-refractivity contribution in [3.05, 3.63) is 63.8 Å². The van der Waals surface area contributed by atoms with Gasteiger partial charge in [-0.05, 0) is 47.7 Å². The van der Waals surface area contributed by atoms with Crippen LogP contribution in [0, 0.1) is 18.2 Å². The number of carbonyl (C=O) groups excluding carboxylic acids is 3. The van der Waals surface area contributed by atoms with Crippen molar-refractivity contribution in [3.8, 4) is 18.1 Å². The number of carbonyl (C=O) groups is 3. The minimum atomic E-state index is -0.556. The average Bonchev–Trinajstić information content (AvgIpc) is 2.97. The van der Waals surface area contributed by atoms with E-state index in [1.165, 1.54) is 36.4 Å². The summed E-state index contributed by atoms with van der Waals surface area (Å²) >= 11 is 6.97. The van der Waals surface area contributed by atoms with Gasteiger partial charge in [0.25, 0.3) is 17.1 Å². The zero-order valence-electron chi connectivity index (χ0n) is 15.4. The summed E-state index contributed by atoms with van der Waals surface area (Å²) in [6, 6.07) is 10.4. The molecule has 6 nitrogen and oxygen atoms in total. The first-order chi connectivity index (χ1) is 14.4. The van der Waals surface area contributed by atoms with E-state index in [9.17, 15) is 18.8 Å². The molecule has 2 aromatic rings. The molecule has 1 saturated heterocycles. The van der Waals surface area contributed by atoms with Crippen molar-refractivity contribution in [2.24, 2.45) is 0 Å². The van der Waals surface area contributed by atoms with Gasteiger partial charge in [-0.1, -0.05) is 35.7 Å². The Bertz CT molecular complexity index is 1100. The number of rotatable bonds is 6. The van der Waals surface area contributed by atoms with Crippen LogP contribution >= 0.6 is 23.4 Å². The molecule has 3 amide bonds. The quantitative estimate of drug-likeness (QED) is 0.534. The van der Waals surface area contributed by atoms with Crippen LogP contribution in [-0.2, 0) is 9.59 Å². The number of nitrogens with zero attached hydrogens (tertiary/aromatic N) is 1. The van der Waals surface area contributed by atoms with E-state index in [0.29, 0.717) is 5.56 Å². The molecule has 9 heteroatoms. The molecule has 0 bridgehead atoms. The third-order valence-corrected chi connectivity index (χ3v) is 5.09. The highest BCUT2D eigenvalue weighted by Crippen LogP contribution is 2.33. The van der Waals surface area contributed by atoms with Crippen LogP contribution in [0.2, 0.25) is 5.02 Å². The summed E-state index contributed by atoms with van der Waals surface area (Å²) in [6.07, 6.45) is 6.68. The van der Waals surface area contributed by atoms with E-state index < -0.39 is 22.9 Å². The van der Waals surface area contributed by atoms with Gasteiger partial charge in [-0.3, -0.25) is 19.3 Å². The predicted octanol–water partition coefficient (Wildman–Crippen LogP) is 4.17. The van der Waals surface area contributed by atoms with Crippen LogP contribution in [0.25, 0.3) is 6.08 Å². The van der Waals surface area contributed by atoms with Gasteiger partial charge in [0.05, 0.1) is 22.2 Å². The Labute approximate surface area is 181 Å². The van der Waals surface area contributed by atoms with E-state index in [0.717, 1.165) is 16.7 Å². The van der Waals surface area contributed by atoms with E-state index in [1.54, 1.807) is 12.1 Å². The normalized spacial score (nSPS) is 14.7. The predicted molar refractivity (Wildman–Crippen MR) is 113 cm³/mol. The SMILES string of the molecule is C#CCN1C(=O)S/C(=C\c2ccc(OCC(=O)Nc3ccccc3F)c(Cl)c2)C1=O. The first-order valence-corrected chi connectivity index (χ1v) is 9.74. The first kappa shape index (κ1) is 21.4. The topological polar surface area (TPSA) is 75.7 Å². The molecule has 0 unspecified atom stereocenters. The van der Waals surface area contributed by atoms with Gasteiger partial charge in [0.1, 0.15) is 11.6 Å². The van der Waals surface area contributed by atoms with E-state index in [4.69, 9.17) is 22.8 Å². The number of halogens is 2. The third-order valence-electron chi connectivity index (χ3n) is 3.88. The number of amides is 3. The number of para-hydroxylation sites is 1. The number of imide groups is 1. The summed E-state index contributed by atoms with van der Waals surface area (Å²) < 4.78 is 18.9. The highest BCUT2D eigenvalue weighted by molar-refractivity contribution is 8.18. The van der Waals surface area contributed by atoms with E-state index in [-0.39, 0.29) is 34.5 Å². The van der Waals surface area contributed by atoms with Crippen molar-refractivity contribution in [1.82, 2.24) is 4.90 Å². The second-order valence-electron chi connectivity index (χ2n) is 5.98. The fourth-order valence-electron chi connectivity index (χ4n) is 2.50. The summed E-state index contributed by atoms with van der Waals surface area (Å²) in [6.45, 7) is -0.469. The van der Waals surface area contributed by atoms with Crippen LogP contribution in [0.1, 0.15) is 5.56 Å². The Morgan fingerprint density at radius 3 is 2.77 bits per heavy atom. The van der Waals surface area contributed by atoms with Crippen LogP contribution < -0.4 is 10.1 Å². The molecule has 1 aliphatic rings. The number of hydrogen-bond acceptors (Lipinski definition) is 5. The van der Waals surface area contributed by atoms with Crippen LogP contribution in [0.5, 0.6) is 5.75 Å². The minimum Gasteiger partial charge on any atom is -0.482 e. The zero-order chi connectivity index (χ0) is 21.7. The van der Waals surface area contributed by atoms with Crippen LogP contribution in [0.15, 0.2) is 47.4 Å². The molecule has 0 radical (unpaired) electrons. The van der Waals surface area contributed by atoms with Gasteiger partial charge in [0.15, 0.2) is 6.61 Å². The molecule has 1 fully saturated rings. The van der Waals surface area contributed by atoms with Crippen molar-refractivity contribution in [1.29, 1.82) is 0 Å². The summed E-state index contributed by atoms with van der Waals surface area (Å²) in [5.41, 5.74) is 0.612. The van der Waals surface area contributed by atoms with Crippen molar-refractivity contribution >= 4 is 52.2 Å². The Morgan fingerprint density at radius 2 is 2.07 bits per heavy atom. The molecule has 1 aliphatic heterocycles. The van der Waals surface area contributed by atoms with Crippen molar-refractivity contribution in [2.75, 3.05) is 18.5 Å². The van der Waals surface area contributed by atoms with Gasteiger partial charge in [-0.2, -0.15) is 0 Å². The van der Waals surface area contributed by atoms with Gasteiger partial charge >= 0.3 is 0 Å². The van der Waals surface area contributed by atoms with E-state index in [2.05, 4.69) is 11.2 Å². The molecule has 3 rings (SSSR count). The van der Waals surface area contributed by atoms with Crippen LogP contribution in [-0.4, -0.2) is 35.1 Å². The smallest absolute Gasteiger partial charge is 0.294 e. The molecule has 2 aromatic carbocycles. The second-order valence-corrected chi connectivity index (χ2v) is 7.38. The second kappa shape index (κ2) is 9.48. The lowest BCUT2D eigenvalue weighted by Crippen LogP contribution is -2.28. The summed E-state index contributed by atoms with van der Waals surface area (Å²) in [7, 11) is 0. The highest BCUT2D eigenvalue weighted by atomic mass is 35.5. The number of thioether (sulfide) groups is 1. The Morgan fingerprint density at radius 1 is 1.30 bits per heavy atom. The van der Waals surface area contributed by atoms with Gasteiger partial charge in [0, 0.05) is 0 Å². The van der Waals surface area contributed by atoms with Crippen LogP contribution in [0.4, 0.5) is 14.9 Å². The number of nitrogens with one attached hydrogen (secondary N) is 1. The molecular formula is C21H14ClFN2O4S. The maximum atomic E-state index is 13.6. The maximum Gasteiger partial charge on any atom is 0.294 e. The lowest BCUT2D eigenvalue weighted by atomic mass is 10.2. The Kier molecular flexibility index (Phi) is 6.77. The lowest BCUT2D eigenvalue weighted by Gasteiger charge is -2.10. The number of benzene rings is 2. The lowest BCUT2D eigenvalue weighted by molar-refractivity contribution is -0.122. The molecule has 0 atom stereocenters. The van der Waals surface area contributed by atoms with Crippen molar-refractivity contribution in [3.63, 3.8) is 0 Å². The maximum absolute atomic E-state index is 13.6. The largest absolute Gasteiger partial charge is 0.482 e. The Hall–Kier alpha value is -3.28. The number of anilines is 1. The fourth-order valence-corrected chi connectivity index (χ4v) is 3.58. The molecule has 0 aromatic heterocycles. The Balaban J connectivity index is 1.64. The molecule has 0 aliphatic carbocycles. The van der Waals surface area contributed by atoms with E-state index >= 15 is 0 Å². The molecular weight excluding hydrogens is 431 g/mol. The number of hydrogen-bond donors (Lipinski definition) is 1. The standard InChI is InChI=1S/C21H14ClFN2O4S/c1-2-9-25-20(27)18(30-21(25)28)11-13-7-8-17(14(22)10-13)29-12-19(26)24-16-6-4-3-5-15(16)23/h1,3-8,10-11H,9,12H2,(H,24,26)/b18-11-. The molecule has 30 heavy (non-hydrogen) atoms. The average molecular weight is 445 g/mol. The summed E-state index contributed by atoms with van der Waals surface area (Å²) in [5.74, 6) is 0.922. The van der Waals surface area contributed by atoms with E-state index in [1.807, 2.05) is 0 Å². The first-order valence-electron chi connectivity index (χ1n) is 8.54. The van der Waals surface area contributed by atoms with Gasteiger partial charge in [-0.15, -0.1) is 6.42 Å². The van der Waals surface area contributed by atoms with Gasteiger partial charge < -0.3 is 10.1 Å². The van der Waals surface area contributed by atoms with Gasteiger partial charge in [-0.25, -0.2) is 4.39 Å². The molecule has 1 N–H and O–H groups in total. The molecule has 0 spiro atoms. The minimum absolute atomic E-state index is 0.0475.